The van der Waals surface area contributed by atoms with E-state index in [0.29, 0.717) is 0 Å². The molecule has 0 fully saturated rings. The summed E-state index contributed by atoms with van der Waals surface area (Å²) in [7, 11) is 0. The van der Waals surface area contributed by atoms with Crippen molar-refractivity contribution in [1.29, 1.82) is 0 Å². The summed E-state index contributed by atoms with van der Waals surface area (Å²) in [4.78, 5) is 10.00. The molecular weight excluding hydrogens is 126 g/mol. The van der Waals surface area contributed by atoms with Gasteiger partial charge in [-0.25, -0.2) is 4.79 Å². The van der Waals surface area contributed by atoms with Gasteiger partial charge in [0.15, 0.2) is 0 Å². The van der Waals surface area contributed by atoms with Gasteiger partial charge in [-0.3, -0.25) is 0 Å². The van der Waals surface area contributed by atoms with E-state index >= 15 is 0 Å². The maximum absolute atomic E-state index is 10.00. The van der Waals surface area contributed by atoms with Crippen LogP contribution >= 0.6 is 0 Å². The molecule has 0 saturated carbocycles. The Morgan fingerprint density at radius 3 is 2.78 bits per heavy atom. The molecule has 9 heavy (non-hydrogen) atoms. The molecule has 5 heteroatoms. The third-order valence-electron chi connectivity index (χ3n) is 0.721. The van der Waals surface area contributed by atoms with Crippen molar-refractivity contribution in [2.24, 2.45) is 0 Å². The molecule has 0 radical (unpaired) electrons. The van der Waals surface area contributed by atoms with Gasteiger partial charge in [-0.1, -0.05) is 0 Å². The van der Waals surface area contributed by atoms with E-state index in [2.05, 4.69) is 9.68 Å². The Bertz CT molecular complexity index is 228. The fraction of sp³-hybridized carbons (Fsp3) is 0. The van der Waals surface area contributed by atoms with Gasteiger partial charge in [0.05, 0.1) is 0 Å². The highest BCUT2D eigenvalue weighted by Crippen LogP contribution is 2.07. The molecule has 0 aliphatic rings. The van der Waals surface area contributed by atoms with Gasteiger partial charge in [-0.05, 0) is 0 Å². The third-order valence-corrected chi connectivity index (χ3v) is 0.721. The zero-order valence-corrected chi connectivity index (χ0v) is 4.29. The summed E-state index contributed by atoms with van der Waals surface area (Å²) >= 11 is 0. The normalized spacial score (nSPS) is 9.33. The van der Waals surface area contributed by atoms with Crippen LogP contribution in [-0.4, -0.2) is 21.3 Å². The molecule has 1 rings (SSSR count). The molecular formula is C4H4NO4+. The molecule has 0 aliphatic heterocycles. The number of carboxylic acids is 1. The number of carbonyl (C=O) groups is 1. The second kappa shape index (κ2) is 1.77. The van der Waals surface area contributed by atoms with Crippen LogP contribution in [0, 0.1) is 0 Å². The fourth-order valence-corrected chi connectivity index (χ4v) is 0.376. The van der Waals surface area contributed by atoms with Crippen LogP contribution in [-0.2, 0) is 0 Å². The van der Waals surface area contributed by atoms with E-state index in [1.165, 1.54) is 0 Å². The summed E-state index contributed by atoms with van der Waals surface area (Å²) in [6.45, 7) is 0. The van der Waals surface area contributed by atoms with Crippen LogP contribution < -0.4 is 0 Å². The smallest absolute Gasteiger partial charge is 0.394 e. The molecule has 0 bridgehead atoms. The van der Waals surface area contributed by atoms with Gasteiger partial charge in [-0.2, -0.15) is 0 Å². The average Bonchev–Trinajstić information content (AvgIpc) is 2.14. The monoisotopic (exact) mass is 130 g/mol. The molecule has 0 aliphatic carbocycles. The molecule has 5 nitrogen and oxygen atoms in total. The summed E-state index contributed by atoms with van der Waals surface area (Å²) in [5, 5.41) is 18.0. The minimum Gasteiger partial charge on any atom is -0.577 e. The second-order valence-corrected chi connectivity index (χ2v) is 1.38. The quantitative estimate of drug-likeness (QED) is 0.534. The number of hydrogen-bond donors (Lipinski definition) is 1. The van der Waals surface area contributed by atoms with Gasteiger partial charge in [0, 0.05) is 5.16 Å². The number of rotatable bonds is 1. The van der Waals surface area contributed by atoms with Crippen molar-refractivity contribution in [3.63, 3.8) is 0 Å². The molecule has 0 unspecified atom stereocenters. The minimum absolute atomic E-state index is 0.174. The summed E-state index contributed by atoms with van der Waals surface area (Å²) in [5.74, 6) is -1.69. The standard InChI is InChI=1S/C4H3NO4/c6-3-1-2(4(7)8)9-5-3/h1H,(H,5,6)(H,7,8)/p+1. The fourth-order valence-electron chi connectivity index (χ4n) is 0.376. The Balaban J connectivity index is 2.98. The van der Waals surface area contributed by atoms with E-state index in [9.17, 15) is 4.79 Å². The first-order valence-electron chi connectivity index (χ1n) is 2.12. The molecule has 0 saturated heterocycles. The van der Waals surface area contributed by atoms with Gasteiger partial charge in [0.2, 0.25) is 0 Å². The van der Waals surface area contributed by atoms with E-state index in [4.69, 9.17) is 10.2 Å². The van der Waals surface area contributed by atoms with Crippen molar-refractivity contribution in [3.8, 4) is 5.88 Å². The highest BCUT2D eigenvalue weighted by atomic mass is 16.5. The minimum atomic E-state index is -1.21. The van der Waals surface area contributed by atoms with Crippen LogP contribution in [0.4, 0.5) is 0 Å². The van der Waals surface area contributed by atoms with E-state index in [0.717, 1.165) is 6.07 Å². The van der Waals surface area contributed by atoms with Crippen LogP contribution in [0.1, 0.15) is 10.6 Å². The van der Waals surface area contributed by atoms with Crippen molar-refractivity contribution >= 4 is 5.97 Å². The van der Waals surface area contributed by atoms with E-state index in [-0.39, 0.29) is 11.6 Å². The number of hydrogen-bond acceptors (Lipinski definition) is 3. The SMILES string of the molecule is O=C(O)c1cc([OH2+])no1. The maximum Gasteiger partial charge on any atom is 0.394 e. The summed E-state index contributed by atoms with van der Waals surface area (Å²) < 4.78 is 4.19. The lowest BCUT2D eigenvalue weighted by Crippen LogP contribution is -1.91. The van der Waals surface area contributed by atoms with Crippen LogP contribution in [0.3, 0.4) is 0 Å². The largest absolute Gasteiger partial charge is 0.577 e. The van der Waals surface area contributed by atoms with E-state index in [1.807, 2.05) is 0 Å². The van der Waals surface area contributed by atoms with E-state index in [1.54, 1.807) is 0 Å². The van der Waals surface area contributed by atoms with Gasteiger partial charge < -0.3 is 14.7 Å². The number of aromatic carboxylic acids is 1. The van der Waals surface area contributed by atoms with Gasteiger partial charge in [-0.15, -0.1) is 0 Å². The Morgan fingerprint density at radius 2 is 2.56 bits per heavy atom. The van der Waals surface area contributed by atoms with Crippen molar-refractivity contribution < 1.29 is 19.5 Å². The van der Waals surface area contributed by atoms with Gasteiger partial charge >= 0.3 is 11.8 Å². The predicted molar refractivity (Wildman–Crippen MR) is 26.5 cm³/mol. The Labute approximate surface area is 49.5 Å². The molecule has 0 aromatic carbocycles. The summed E-state index contributed by atoms with van der Waals surface area (Å²) in [5.41, 5.74) is 0. The topological polar surface area (TPSA) is 86.2 Å². The second-order valence-electron chi connectivity index (χ2n) is 1.38. The van der Waals surface area contributed by atoms with Crippen molar-refractivity contribution in [1.82, 2.24) is 5.16 Å². The summed E-state index contributed by atoms with van der Waals surface area (Å²) in [6, 6.07) is 1.03. The molecule has 1 heterocycles. The lowest BCUT2D eigenvalue weighted by molar-refractivity contribution is 0.0652. The number of aromatic nitrogens is 1. The van der Waals surface area contributed by atoms with Crippen LogP contribution in [0.25, 0.3) is 0 Å². The first kappa shape index (κ1) is 5.61. The number of nitrogens with zero attached hydrogens (tertiary/aromatic N) is 1. The van der Waals surface area contributed by atoms with Crippen LogP contribution in [0.5, 0.6) is 5.88 Å². The molecule has 3 N–H and O–H groups in total. The van der Waals surface area contributed by atoms with Crippen molar-refractivity contribution in [2.45, 2.75) is 0 Å². The van der Waals surface area contributed by atoms with Gasteiger partial charge in [0.1, 0.15) is 6.07 Å². The third kappa shape index (κ3) is 0.987. The summed E-state index contributed by atoms with van der Waals surface area (Å²) in [6.07, 6.45) is 0. The maximum atomic E-state index is 10.00. The molecule has 48 valence electrons. The first-order valence-corrected chi connectivity index (χ1v) is 2.12. The molecule has 0 spiro atoms. The Hall–Kier alpha value is -1.52. The highest BCUT2D eigenvalue weighted by Gasteiger charge is 2.11. The van der Waals surface area contributed by atoms with Gasteiger partial charge in [0.25, 0.3) is 5.76 Å². The Kier molecular flexibility index (Phi) is 1.11. The lowest BCUT2D eigenvalue weighted by Gasteiger charge is -1.75. The molecule has 1 aromatic rings. The van der Waals surface area contributed by atoms with E-state index < -0.39 is 5.97 Å². The number of carboxylic acid groups (broad SMARTS) is 1. The molecule has 1 aromatic heterocycles. The van der Waals surface area contributed by atoms with Crippen molar-refractivity contribution in [3.05, 3.63) is 11.8 Å². The van der Waals surface area contributed by atoms with Crippen LogP contribution in [0.15, 0.2) is 10.6 Å². The predicted octanol–water partition coefficient (Wildman–Crippen LogP) is -0.189. The van der Waals surface area contributed by atoms with Crippen molar-refractivity contribution in [2.75, 3.05) is 0 Å². The molecule has 0 amide bonds. The van der Waals surface area contributed by atoms with Crippen LogP contribution in [0.2, 0.25) is 0 Å². The zero-order chi connectivity index (χ0) is 6.85. The molecule has 0 atom stereocenters. The zero-order valence-electron chi connectivity index (χ0n) is 4.29. The lowest BCUT2D eigenvalue weighted by atomic mass is 10.5. The first-order chi connectivity index (χ1) is 4.20. The highest BCUT2D eigenvalue weighted by molar-refractivity contribution is 5.84. The average molecular weight is 130 g/mol. The Morgan fingerprint density at radius 1 is 1.89 bits per heavy atom.